The maximum Gasteiger partial charge on any atom is 0.265 e. The molecular formula is C26H31N3O3. The molecule has 3 aliphatic rings. The van der Waals surface area contributed by atoms with Crippen LogP contribution in [0.3, 0.4) is 0 Å². The number of hydrogen-bond acceptors (Lipinski definition) is 4. The molecule has 168 valence electrons. The molecule has 1 N–H and O–H groups in total. The van der Waals surface area contributed by atoms with Crippen LogP contribution in [0, 0.1) is 0 Å². The number of piperidine rings is 1. The minimum atomic E-state index is 0.0338. The molecule has 32 heavy (non-hydrogen) atoms. The zero-order chi connectivity index (χ0) is 21.9. The highest BCUT2D eigenvalue weighted by Gasteiger charge is 2.40. The molecule has 0 radical (unpaired) electrons. The average Bonchev–Trinajstić information content (AvgIpc) is 3.04. The van der Waals surface area contributed by atoms with Crippen molar-refractivity contribution in [3.8, 4) is 5.75 Å². The number of carbonyl (C=O) groups excluding carboxylic acids is 2. The van der Waals surface area contributed by atoms with Gasteiger partial charge in [0.1, 0.15) is 5.75 Å². The Kier molecular flexibility index (Phi) is 6.12. The lowest BCUT2D eigenvalue weighted by atomic mass is 9.96. The molecule has 0 aromatic heterocycles. The monoisotopic (exact) mass is 433 g/mol. The van der Waals surface area contributed by atoms with Crippen LogP contribution in [0.15, 0.2) is 54.6 Å². The van der Waals surface area contributed by atoms with Gasteiger partial charge >= 0.3 is 0 Å². The first-order chi connectivity index (χ1) is 15.7. The van der Waals surface area contributed by atoms with Crippen LogP contribution in [0.4, 0.5) is 5.69 Å². The Balaban J connectivity index is 1.12. The number of nitrogens with one attached hydrogen (secondary N) is 1. The average molecular weight is 434 g/mol. The smallest absolute Gasteiger partial charge is 0.265 e. The fourth-order valence-electron chi connectivity index (χ4n) is 5.63. The van der Waals surface area contributed by atoms with Crippen LogP contribution in [0.2, 0.25) is 0 Å². The van der Waals surface area contributed by atoms with Gasteiger partial charge in [-0.3, -0.25) is 14.5 Å². The number of amides is 2. The van der Waals surface area contributed by atoms with Crippen molar-refractivity contribution in [2.24, 2.45) is 0 Å². The summed E-state index contributed by atoms with van der Waals surface area (Å²) >= 11 is 0. The first kappa shape index (κ1) is 21.0. The second kappa shape index (κ2) is 9.33. The standard InChI is InChI=1S/C26H31N3O3/c30-25(15-19-7-2-1-3-8-19)27-20-16-21-11-12-22(17-20)28(21)13-6-14-29-23-9-4-5-10-24(23)32-18-26(29)31/h1-5,7-10,20-22H,6,11-18H2,(H,27,30). The Bertz CT molecular complexity index is 950. The topological polar surface area (TPSA) is 61.9 Å². The number of nitrogens with zero attached hydrogens (tertiary/aromatic N) is 2. The predicted molar refractivity (Wildman–Crippen MR) is 124 cm³/mol. The van der Waals surface area contributed by atoms with Gasteiger partial charge in [-0.05, 0) is 49.8 Å². The van der Waals surface area contributed by atoms with E-state index in [1.165, 1.54) is 12.8 Å². The van der Waals surface area contributed by atoms with Crippen molar-refractivity contribution in [1.82, 2.24) is 10.2 Å². The molecule has 5 rings (SSSR count). The van der Waals surface area contributed by atoms with E-state index in [2.05, 4.69) is 10.2 Å². The Morgan fingerprint density at radius 3 is 2.47 bits per heavy atom. The molecule has 6 heteroatoms. The van der Waals surface area contributed by atoms with E-state index in [0.29, 0.717) is 25.0 Å². The van der Waals surface area contributed by atoms with Crippen LogP contribution in [0.25, 0.3) is 0 Å². The lowest BCUT2D eigenvalue weighted by Crippen LogP contribution is -2.51. The molecule has 2 amide bonds. The molecule has 2 aromatic rings. The maximum atomic E-state index is 12.5. The molecule has 2 fully saturated rings. The molecule has 3 aliphatic heterocycles. The number of rotatable bonds is 7. The minimum absolute atomic E-state index is 0.0338. The highest BCUT2D eigenvalue weighted by Crippen LogP contribution is 2.36. The van der Waals surface area contributed by atoms with Gasteiger partial charge in [0, 0.05) is 31.2 Å². The Morgan fingerprint density at radius 2 is 1.69 bits per heavy atom. The van der Waals surface area contributed by atoms with Gasteiger partial charge in [-0.15, -0.1) is 0 Å². The number of hydrogen-bond donors (Lipinski definition) is 1. The number of carbonyl (C=O) groups is 2. The van der Waals surface area contributed by atoms with E-state index < -0.39 is 0 Å². The van der Waals surface area contributed by atoms with E-state index >= 15 is 0 Å². The lowest BCUT2D eigenvalue weighted by molar-refractivity contribution is -0.122. The van der Waals surface area contributed by atoms with E-state index in [0.717, 1.165) is 42.8 Å². The number of anilines is 1. The zero-order valence-corrected chi connectivity index (χ0v) is 18.4. The van der Waals surface area contributed by atoms with Crippen LogP contribution in [-0.2, 0) is 16.0 Å². The number of fused-ring (bicyclic) bond motifs is 3. The van der Waals surface area contributed by atoms with E-state index in [1.54, 1.807) is 0 Å². The Hall–Kier alpha value is -2.86. The summed E-state index contributed by atoms with van der Waals surface area (Å²) in [6.45, 7) is 1.83. The SMILES string of the molecule is O=C(Cc1ccccc1)NC1CC2CCC(C1)N2CCCN1C(=O)COc2ccccc21. The van der Waals surface area contributed by atoms with Crippen LogP contribution in [0.1, 0.15) is 37.7 Å². The van der Waals surface area contributed by atoms with Crippen molar-refractivity contribution in [1.29, 1.82) is 0 Å². The van der Waals surface area contributed by atoms with Crippen molar-refractivity contribution in [3.05, 3.63) is 60.2 Å². The van der Waals surface area contributed by atoms with E-state index in [-0.39, 0.29) is 24.5 Å². The van der Waals surface area contributed by atoms with Gasteiger partial charge in [0.15, 0.2) is 6.61 Å². The Morgan fingerprint density at radius 1 is 0.969 bits per heavy atom. The van der Waals surface area contributed by atoms with Crippen molar-refractivity contribution in [3.63, 3.8) is 0 Å². The molecule has 3 heterocycles. The maximum absolute atomic E-state index is 12.5. The second-order valence-corrected chi connectivity index (χ2v) is 9.18. The number of ether oxygens (including phenoxy) is 1. The first-order valence-electron chi connectivity index (χ1n) is 11.8. The first-order valence-corrected chi connectivity index (χ1v) is 11.8. The highest BCUT2D eigenvalue weighted by molar-refractivity contribution is 5.97. The molecule has 2 aromatic carbocycles. The summed E-state index contributed by atoms with van der Waals surface area (Å²) in [6, 6.07) is 19.0. The molecule has 2 saturated heterocycles. The van der Waals surface area contributed by atoms with E-state index in [4.69, 9.17) is 4.74 Å². The summed E-state index contributed by atoms with van der Waals surface area (Å²) in [4.78, 5) is 29.4. The minimum Gasteiger partial charge on any atom is -0.482 e. The van der Waals surface area contributed by atoms with Gasteiger partial charge in [-0.2, -0.15) is 0 Å². The van der Waals surface area contributed by atoms with Gasteiger partial charge in [0.05, 0.1) is 12.1 Å². The quantitative estimate of drug-likeness (QED) is 0.729. The molecule has 2 atom stereocenters. The van der Waals surface area contributed by atoms with Crippen LogP contribution in [-0.4, -0.2) is 54.5 Å². The van der Waals surface area contributed by atoms with Crippen LogP contribution in [0.5, 0.6) is 5.75 Å². The number of benzene rings is 2. The predicted octanol–water partition coefficient (Wildman–Crippen LogP) is 3.16. The second-order valence-electron chi connectivity index (χ2n) is 9.18. The summed E-state index contributed by atoms with van der Waals surface area (Å²) in [5, 5.41) is 3.28. The molecule has 6 nitrogen and oxygen atoms in total. The summed E-state index contributed by atoms with van der Waals surface area (Å²) in [7, 11) is 0. The van der Waals surface area contributed by atoms with Gasteiger partial charge in [0.25, 0.3) is 5.91 Å². The lowest BCUT2D eigenvalue weighted by Gasteiger charge is -2.39. The molecule has 0 spiro atoms. The van der Waals surface area contributed by atoms with Crippen LogP contribution >= 0.6 is 0 Å². The van der Waals surface area contributed by atoms with Crippen molar-refractivity contribution in [2.45, 2.75) is 56.7 Å². The third kappa shape index (κ3) is 4.51. The summed E-state index contributed by atoms with van der Waals surface area (Å²) in [6.07, 6.45) is 5.85. The molecular weight excluding hydrogens is 402 g/mol. The highest BCUT2D eigenvalue weighted by atomic mass is 16.5. The van der Waals surface area contributed by atoms with Crippen molar-refractivity contribution >= 4 is 17.5 Å². The fraction of sp³-hybridized carbons (Fsp3) is 0.462. The summed E-state index contributed by atoms with van der Waals surface area (Å²) in [5.74, 6) is 0.948. The molecule has 0 aliphatic carbocycles. The molecule has 2 unspecified atom stereocenters. The van der Waals surface area contributed by atoms with Crippen molar-refractivity contribution in [2.75, 3.05) is 24.6 Å². The Labute approximate surface area is 189 Å². The van der Waals surface area contributed by atoms with Gasteiger partial charge in [-0.1, -0.05) is 42.5 Å². The van der Waals surface area contributed by atoms with Crippen LogP contribution < -0.4 is 15.0 Å². The summed E-state index contributed by atoms with van der Waals surface area (Å²) < 4.78 is 5.55. The van der Waals surface area contributed by atoms with Crippen molar-refractivity contribution < 1.29 is 14.3 Å². The van der Waals surface area contributed by atoms with Gasteiger partial charge in [-0.25, -0.2) is 0 Å². The van der Waals surface area contributed by atoms with Gasteiger partial charge in [0.2, 0.25) is 5.91 Å². The van der Waals surface area contributed by atoms with E-state index in [1.807, 2.05) is 59.5 Å². The normalized spacial score (nSPS) is 24.7. The number of para-hydroxylation sites is 2. The fourth-order valence-corrected chi connectivity index (χ4v) is 5.63. The summed E-state index contributed by atoms with van der Waals surface area (Å²) in [5.41, 5.74) is 1.94. The third-order valence-electron chi connectivity index (χ3n) is 7.06. The van der Waals surface area contributed by atoms with E-state index in [9.17, 15) is 9.59 Å². The molecule has 0 saturated carbocycles. The zero-order valence-electron chi connectivity index (χ0n) is 18.4. The molecule has 2 bridgehead atoms. The third-order valence-corrected chi connectivity index (χ3v) is 7.06. The largest absolute Gasteiger partial charge is 0.482 e. The van der Waals surface area contributed by atoms with Gasteiger partial charge < -0.3 is 15.0 Å².